The standard InChI is InChI=1S/C16H22FN5S/c1-13(2)21-11-18-22(16(21)23)12-19-7-9-20(10-8-19)15-5-3-14(17)4-6-15/h3-6,11,13H,7-10,12H2,1-2H3. The number of rotatable bonds is 4. The van der Waals surface area contributed by atoms with Crippen LogP contribution >= 0.6 is 12.2 Å². The predicted octanol–water partition coefficient (Wildman–Crippen LogP) is 2.91. The molecule has 124 valence electrons. The molecule has 7 heteroatoms. The fraction of sp³-hybridized carbons (Fsp3) is 0.500. The molecule has 0 aliphatic carbocycles. The Bertz CT molecular complexity index is 698. The molecule has 1 aromatic carbocycles. The van der Waals surface area contributed by atoms with Crippen molar-refractivity contribution in [2.75, 3.05) is 31.1 Å². The summed E-state index contributed by atoms with van der Waals surface area (Å²) in [5.41, 5.74) is 1.08. The Balaban J connectivity index is 1.59. The van der Waals surface area contributed by atoms with E-state index in [1.165, 1.54) is 12.1 Å². The van der Waals surface area contributed by atoms with E-state index in [4.69, 9.17) is 12.2 Å². The number of halogens is 1. The van der Waals surface area contributed by atoms with Crippen LogP contribution in [0.1, 0.15) is 19.9 Å². The van der Waals surface area contributed by atoms with Crippen LogP contribution in [0.5, 0.6) is 0 Å². The summed E-state index contributed by atoms with van der Waals surface area (Å²) >= 11 is 5.47. The Kier molecular flexibility index (Phi) is 4.77. The molecular weight excluding hydrogens is 313 g/mol. The lowest BCUT2D eigenvalue weighted by Crippen LogP contribution is -2.47. The van der Waals surface area contributed by atoms with E-state index in [-0.39, 0.29) is 5.82 Å². The first-order valence-electron chi connectivity index (χ1n) is 7.91. The van der Waals surface area contributed by atoms with Gasteiger partial charge in [-0.2, -0.15) is 5.10 Å². The van der Waals surface area contributed by atoms with Gasteiger partial charge in [0, 0.05) is 37.9 Å². The first-order chi connectivity index (χ1) is 11.0. The minimum Gasteiger partial charge on any atom is -0.369 e. The monoisotopic (exact) mass is 335 g/mol. The van der Waals surface area contributed by atoms with Crippen molar-refractivity contribution in [2.45, 2.75) is 26.6 Å². The van der Waals surface area contributed by atoms with Crippen LogP contribution in [0.15, 0.2) is 30.6 Å². The molecule has 2 heterocycles. The number of anilines is 1. The molecule has 23 heavy (non-hydrogen) atoms. The van der Waals surface area contributed by atoms with Gasteiger partial charge in [-0.3, -0.25) is 4.90 Å². The van der Waals surface area contributed by atoms with E-state index < -0.39 is 0 Å². The van der Waals surface area contributed by atoms with E-state index >= 15 is 0 Å². The minimum absolute atomic E-state index is 0.192. The number of hydrogen-bond acceptors (Lipinski definition) is 4. The van der Waals surface area contributed by atoms with Gasteiger partial charge in [0.1, 0.15) is 12.1 Å². The topological polar surface area (TPSA) is 29.2 Å². The van der Waals surface area contributed by atoms with Gasteiger partial charge in [-0.15, -0.1) is 0 Å². The highest BCUT2D eigenvalue weighted by Crippen LogP contribution is 2.17. The third kappa shape index (κ3) is 3.61. The van der Waals surface area contributed by atoms with Crippen molar-refractivity contribution in [3.05, 3.63) is 41.2 Å². The van der Waals surface area contributed by atoms with Crippen molar-refractivity contribution >= 4 is 17.9 Å². The van der Waals surface area contributed by atoms with Crippen molar-refractivity contribution in [1.82, 2.24) is 19.2 Å². The molecule has 0 atom stereocenters. The van der Waals surface area contributed by atoms with Gasteiger partial charge in [0.2, 0.25) is 0 Å². The van der Waals surface area contributed by atoms with Crippen molar-refractivity contribution in [3.8, 4) is 0 Å². The molecule has 0 saturated carbocycles. The first-order valence-corrected chi connectivity index (χ1v) is 8.32. The van der Waals surface area contributed by atoms with Crippen LogP contribution in [0.4, 0.5) is 10.1 Å². The number of piperazine rings is 1. The summed E-state index contributed by atoms with van der Waals surface area (Å²) in [4.78, 5) is 4.62. The fourth-order valence-electron chi connectivity index (χ4n) is 2.79. The lowest BCUT2D eigenvalue weighted by Gasteiger charge is -2.35. The van der Waals surface area contributed by atoms with Gasteiger partial charge in [-0.25, -0.2) is 9.07 Å². The van der Waals surface area contributed by atoms with E-state index in [1.54, 1.807) is 0 Å². The van der Waals surface area contributed by atoms with Crippen molar-refractivity contribution < 1.29 is 4.39 Å². The van der Waals surface area contributed by atoms with Crippen LogP contribution in [-0.4, -0.2) is 45.4 Å². The molecule has 3 rings (SSSR count). The largest absolute Gasteiger partial charge is 0.369 e. The molecule has 1 aliphatic heterocycles. The number of benzene rings is 1. The van der Waals surface area contributed by atoms with Crippen molar-refractivity contribution in [3.63, 3.8) is 0 Å². The summed E-state index contributed by atoms with van der Waals surface area (Å²) in [5.74, 6) is -0.192. The van der Waals surface area contributed by atoms with E-state index in [2.05, 4.69) is 28.7 Å². The van der Waals surface area contributed by atoms with Crippen LogP contribution in [0, 0.1) is 10.6 Å². The van der Waals surface area contributed by atoms with Gasteiger partial charge < -0.3 is 9.47 Å². The molecular formula is C16H22FN5S. The lowest BCUT2D eigenvalue weighted by atomic mass is 10.2. The number of aromatic nitrogens is 3. The Morgan fingerprint density at radius 3 is 2.35 bits per heavy atom. The van der Waals surface area contributed by atoms with Gasteiger partial charge in [0.25, 0.3) is 0 Å². The van der Waals surface area contributed by atoms with E-state index in [0.717, 1.165) is 43.3 Å². The summed E-state index contributed by atoms with van der Waals surface area (Å²) < 4.78 is 17.7. The Morgan fingerprint density at radius 1 is 1.13 bits per heavy atom. The Hall–Kier alpha value is -1.73. The maximum absolute atomic E-state index is 13.0. The van der Waals surface area contributed by atoms with Crippen LogP contribution in [0.25, 0.3) is 0 Å². The predicted molar refractivity (Wildman–Crippen MR) is 91.6 cm³/mol. The first kappa shape index (κ1) is 16.1. The van der Waals surface area contributed by atoms with E-state index in [9.17, 15) is 4.39 Å². The van der Waals surface area contributed by atoms with Crippen LogP contribution in [0.3, 0.4) is 0 Å². The maximum Gasteiger partial charge on any atom is 0.199 e. The average Bonchev–Trinajstić information content (AvgIpc) is 2.90. The Morgan fingerprint density at radius 2 is 1.78 bits per heavy atom. The highest BCUT2D eigenvalue weighted by atomic mass is 32.1. The SMILES string of the molecule is CC(C)n1cnn(CN2CCN(c3ccc(F)cc3)CC2)c1=S. The molecule has 1 aliphatic rings. The summed E-state index contributed by atoms with van der Waals surface area (Å²) in [6.07, 6.45) is 1.81. The zero-order valence-corrected chi connectivity index (χ0v) is 14.3. The molecule has 0 amide bonds. The molecule has 0 bridgehead atoms. The lowest BCUT2D eigenvalue weighted by molar-refractivity contribution is 0.194. The molecule has 1 saturated heterocycles. The second-order valence-corrected chi connectivity index (χ2v) is 6.50. The molecule has 0 N–H and O–H groups in total. The number of nitrogens with zero attached hydrogens (tertiary/aromatic N) is 5. The summed E-state index contributed by atoms with van der Waals surface area (Å²) in [6, 6.07) is 7.03. The number of hydrogen-bond donors (Lipinski definition) is 0. The third-order valence-electron chi connectivity index (χ3n) is 4.21. The van der Waals surface area contributed by atoms with Gasteiger partial charge in [-0.1, -0.05) is 0 Å². The minimum atomic E-state index is -0.192. The zero-order chi connectivity index (χ0) is 16.4. The maximum atomic E-state index is 13.0. The average molecular weight is 335 g/mol. The quantitative estimate of drug-likeness (QED) is 0.804. The van der Waals surface area contributed by atoms with E-state index in [1.807, 2.05) is 27.7 Å². The molecule has 2 aromatic rings. The van der Waals surface area contributed by atoms with Crippen molar-refractivity contribution in [2.24, 2.45) is 0 Å². The Labute approximate surface area is 140 Å². The molecule has 0 spiro atoms. The van der Waals surface area contributed by atoms with Crippen molar-refractivity contribution in [1.29, 1.82) is 0 Å². The van der Waals surface area contributed by atoms with Gasteiger partial charge in [0.05, 0.1) is 6.67 Å². The highest BCUT2D eigenvalue weighted by Gasteiger charge is 2.18. The van der Waals surface area contributed by atoms with Gasteiger partial charge in [0.15, 0.2) is 4.77 Å². The normalized spacial score (nSPS) is 16.3. The van der Waals surface area contributed by atoms with Crippen LogP contribution < -0.4 is 4.90 Å². The summed E-state index contributed by atoms with van der Waals surface area (Å²) in [6.45, 7) is 8.64. The molecule has 1 fully saturated rings. The van der Waals surface area contributed by atoms with Crippen LogP contribution in [0.2, 0.25) is 0 Å². The zero-order valence-electron chi connectivity index (χ0n) is 13.5. The van der Waals surface area contributed by atoms with Gasteiger partial charge in [-0.05, 0) is 50.3 Å². The smallest absolute Gasteiger partial charge is 0.199 e. The van der Waals surface area contributed by atoms with Crippen LogP contribution in [-0.2, 0) is 6.67 Å². The second kappa shape index (κ2) is 6.80. The fourth-order valence-corrected chi connectivity index (χ4v) is 3.15. The summed E-state index contributed by atoms with van der Waals surface area (Å²) in [7, 11) is 0. The summed E-state index contributed by atoms with van der Waals surface area (Å²) in [5, 5.41) is 4.40. The van der Waals surface area contributed by atoms with E-state index in [0.29, 0.717) is 6.04 Å². The van der Waals surface area contributed by atoms with Gasteiger partial charge >= 0.3 is 0 Å². The molecule has 1 aromatic heterocycles. The molecule has 0 radical (unpaired) electrons. The molecule has 0 unspecified atom stereocenters. The third-order valence-corrected chi connectivity index (χ3v) is 4.63. The second-order valence-electron chi connectivity index (χ2n) is 6.14. The highest BCUT2D eigenvalue weighted by molar-refractivity contribution is 7.71. The molecule has 5 nitrogen and oxygen atoms in total.